The third-order valence-electron chi connectivity index (χ3n) is 2.93. The van der Waals surface area contributed by atoms with Gasteiger partial charge in [-0.2, -0.15) is 0 Å². The lowest BCUT2D eigenvalue weighted by Crippen LogP contribution is -2.33. The normalized spacial score (nSPS) is 29.1. The highest BCUT2D eigenvalue weighted by Gasteiger charge is 2.44. The Morgan fingerprint density at radius 1 is 1.60 bits per heavy atom. The van der Waals surface area contributed by atoms with Crippen LogP contribution in [0, 0.1) is 0 Å². The van der Waals surface area contributed by atoms with E-state index in [9.17, 15) is 15.0 Å². The van der Waals surface area contributed by atoms with Gasteiger partial charge in [0.2, 0.25) is 0 Å². The van der Waals surface area contributed by atoms with Crippen LogP contribution in [0.25, 0.3) is 10.4 Å². The summed E-state index contributed by atoms with van der Waals surface area (Å²) in [6.07, 6.45) is -3.81. The van der Waals surface area contributed by atoms with E-state index >= 15 is 0 Å². The van der Waals surface area contributed by atoms with Gasteiger partial charge in [-0.15, -0.1) is 0 Å². The maximum absolute atomic E-state index is 11.2. The van der Waals surface area contributed by atoms with Crippen LogP contribution in [-0.4, -0.2) is 55.7 Å². The van der Waals surface area contributed by atoms with Crippen molar-refractivity contribution in [2.75, 3.05) is 6.61 Å². The lowest BCUT2D eigenvalue weighted by molar-refractivity contribution is -0.0520. The van der Waals surface area contributed by atoms with Crippen LogP contribution in [0.5, 0.6) is 0 Å². The van der Waals surface area contributed by atoms with E-state index in [0.29, 0.717) is 0 Å². The molecule has 1 aliphatic heterocycles. The molecule has 1 aliphatic rings. The maximum Gasteiger partial charge on any atom is 0.269 e. The van der Waals surface area contributed by atoms with Crippen molar-refractivity contribution in [1.82, 2.24) is 9.55 Å². The quantitative estimate of drug-likeness (QED) is 0.297. The average Bonchev–Trinajstić information content (AvgIpc) is 2.94. The number of nitrogens with two attached hydrogens (primary N) is 1. The van der Waals surface area contributed by atoms with Gasteiger partial charge >= 0.3 is 0 Å². The van der Waals surface area contributed by atoms with E-state index in [2.05, 4.69) is 15.0 Å². The van der Waals surface area contributed by atoms with Gasteiger partial charge in [0.15, 0.2) is 11.9 Å². The van der Waals surface area contributed by atoms with Gasteiger partial charge in [0.25, 0.3) is 5.91 Å². The van der Waals surface area contributed by atoms with Crippen molar-refractivity contribution in [2.45, 2.75) is 24.5 Å². The largest absolute Gasteiger partial charge is 0.394 e. The fraction of sp³-hybridized carbons (Fsp3) is 0.556. The van der Waals surface area contributed by atoms with Crippen molar-refractivity contribution < 1.29 is 24.9 Å². The molecular weight excluding hydrogens is 272 g/mol. The third-order valence-corrected chi connectivity index (χ3v) is 2.93. The SMILES string of the molecule is [N-]=[N+]=Nc1c(C(N)=O)ncn1[C@@H]1O[C@H](CO)[C@@H](O)[C@H]1O. The molecule has 0 aromatic carbocycles. The van der Waals surface area contributed by atoms with E-state index in [1.165, 1.54) is 0 Å². The van der Waals surface area contributed by atoms with E-state index < -0.39 is 37.1 Å². The van der Waals surface area contributed by atoms with E-state index in [1.807, 2.05) is 0 Å². The number of primary amides is 1. The summed E-state index contributed by atoms with van der Waals surface area (Å²) in [4.78, 5) is 17.4. The number of ether oxygens (including phenoxy) is 1. The Balaban J connectivity index is 2.43. The molecule has 5 N–H and O–H groups in total. The van der Waals surface area contributed by atoms with Crippen molar-refractivity contribution >= 4 is 11.7 Å². The summed E-state index contributed by atoms with van der Waals surface area (Å²) < 4.78 is 6.31. The lowest BCUT2D eigenvalue weighted by Gasteiger charge is -2.17. The number of hydrogen-bond acceptors (Lipinski definition) is 7. The van der Waals surface area contributed by atoms with Crippen LogP contribution in [0.15, 0.2) is 11.4 Å². The second-order valence-corrected chi connectivity index (χ2v) is 4.11. The summed E-state index contributed by atoms with van der Waals surface area (Å²) in [5.74, 6) is -1.16. The lowest BCUT2D eigenvalue weighted by atomic mass is 10.1. The molecule has 0 bridgehead atoms. The Hall–Kier alpha value is -2.17. The van der Waals surface area contributed by atoms with Crippen LogP contribution in [0.4, 0.5) is 5.82 Å². The molecule has 0 radical (unpaired) electrons. The standard InChI is InChI=1S/C9H12N6O5/c10-7(19)4-8(13-14-11)15(2-12-4)9-6(18)5(17)3(1-16)20-9/h2-3,5-6,9,16-18H,1H2,(H2,10,19)/t3-,5-,6-,9-/m1/s1. The number of aromatic nitrogens is 2. The number of aliphatic hydroxyl groups excluding tert-OH is 3. The Bertz CT molecular complexity index is 567. The molecule has 4 atom stereocenters. The zero-order valence-corrected chi connectivity index (χ0v) is 10.1. The molecule has 0 aliphatic carbocycles. The minimum Gasteiger partial charge on any atom is -0.394 e. The number of carbonyl (C=O) groups excluding carboxylic acids is 1. The smallest absolute Gasteiger partial charge is 0.269 e. The number of nitrogens with zero attached hydrogens (tertiary/aromatic N) is 5. The van der Waals surface area contributed by atoms with Crippen LogP contribution >= 0.6 is 0 Å². The summed E-state index contributed by atoms with van der Waals surface area (Å²) in [5, 5.41) is 31.8. The predicted octanol–water partition coefficient (Wildman–Crippen LogP) is -1.46. The van der Waals surface area contributed by atoms with Crippen molar-refractivity contribution in [3.8, 4) is 0 Å². The Morgan fingerprint density at radius 3 is 2.80 bits per heavy atom. The highest BCUT2D eigenvalue weighted by molar-refractivity contribution is 5.95. The number of amides is 1. The molecule has 108 valence electrons. The molecule has 1 aromatic rings. The average molecular weight is 284 g/mol. The van der Waals surface area contributed by atoms with Crippen LogP contribution in [0.2, 0.25) is 0 Å². The van der Waals surface area contributed by atoms with Gasteiger partial charge in [0.1, 0.15) is 24.1 Å². The molecule has 1 aromatic heterocycles. The van der Waals surface area contributed by atoms with Crippen molar-refractivity contribution in [3.05, 3.63) is 22.5 Å². The number of carbonyl (C=O) groups is 1. The second kappa shape index (κ2) is 5.45. The topological polar surface area (TPSA) is 180 Å². The van der Waals surface area contributed by atoms with Gasteiger partial charge in [-0.1, -0.05) is 0 Å². The molecule has 1 saturated heterocycles. The first-order valence-corrected chi connectivity index (χ1v) is 5.55. The van der Waals surface area contributed by atoms with E-state index in [4.69, 9.17) is 21.1 Å². The molecule has 2 rings (SSSR count). The van der Waals surface area contributed by atoms with Crippen LogP contribution in [0.3, 0.4) is 0 Å². The summed E-state index contributed by atoms with van der Waals surface area (Å²) in [5.41, 5.74) is 13.3. The molecular formula is C9H12N6O5. The number of azide groups is 1. The van der Waals surface area contributed by atoms with Gasteiger partial charge in [0, 0.05) is 4.91 Å². The first-order valence-electron chi connectivity index (χ1n) is 5.55. The highest BCUT2D eigenvalue weighted by atomic mass is 16.6. The number of rotatable bonds is 4. The second-order valence-electron chi connectivity index (χ2n) is 4.11. The predicted molar refractivity (Wildman–Crippen MR) is 62.6 cm³/mol. The van der Waals surface area contributed by atoms with Gasteiger partial charge in [0.05, 0.1) is 12.9 Å². The first-order chi connectivity index (χ1) is 9.51. The van der Waals surface area contributed by atoms with Gasteiger partial charge < -0.3 is 25.8 Å². The van der Waals surface area contributed by atoms with E-state index in [0.717, 1.165) is 10.9 Å². The molecule has 11 nitrogen and oxygen atoms in total. The van der Waals surface area contributed by atoms with Gasteiger partial charge in [-0.05, 0) is 10.6 Å². The molecule has 0 saturated carbocycles. The number of aliphatic hydroxyl groups is 3. The van der Waals surface area contributed by atoms with Crippen LogP contribution < -0.4 is 5.73 Å². The molecule has 0 spiro atoms. The van der Waals surface area contributed by atoms with Crippen LogP contribution in [-0.2, 0) is 4.74 Å². The molecule has 1 fully saturated rings. The van der Waals surface area contributed by atoms with Crippen LogP contribution in [0.1, 0.15) is 16.7 Å². The summed E-state index contributed by atoms with van der Waals surface area (Å²) in [6, 6.07) is 0. The van der Waals surface area contributed by atoms with Gasteiger partial charge in [-0.25, -0.2) is 4.98 Å². The van der Waals surface area contributed by atoms with Crippen molar-refractivity contribution in [3.63, 3.8) is 0 Å². The van der Waals surface area contributed by atoms with E-state index in [-0.39, 0.29) is 11.5 Å². The minimum atomic E-state index is -1.39. The molecule has 11 heteroatoms. The number of hydrogen-bond donors (Lipinski definition) is 4. The molecule has 1 amide bonds. The summed E-state index contributed by atoms with van der Waals surface area (Å²) in [7, 11) is 0. The van der Waals surface area contributed by atoms with Crippen molar-refractivity contribution in [1.29, 1.82) is 0 Å². The summed E-state index contributed by atoms with van der Waals surface area (Å²) >= 11 is 0. The molecule has 2 heterocycles. The first kappa shape index (κ1) is 14.2. The zero-order valence-electron chi connectivity index (χ0n) is 10.1. The fourth-order valence-electron chi connectivity index (χ4n) is 1.97. The number of imidazole rings is 1. The Kier molecular flexibility index (Phi) is 3.88. The van der Waals surface area contributed by atoms with E-state index in [1.54, 1.807) is 0 Å². The molecule has 20 heavy (non-hydrogen) atoms. The minimum absolute atomic E-state index is 0.241. The Morgan fingerprint density at radius 2 is 2.30 bits per heavy atom. The highest BCUT2D eigenvalue weighted by Crippen LogP contribution is 2.33. The zero-order chi connectivity index (χ0) is 14.9. The van der Waals surface area contributed by atoms with Gasteiger partial charge in [-0.3, -0.25) is 9.36 Å². The Labute approximate surface area is 111 Å². The fourth-order valence-corrected chi connectivity index (χ4v) is 1.97. The monoisotopic (exact) mass is 284 g/mol. The third kappa shape index (κ3) is 2.19. The maximum atomic E-state index is 11.2. The molecule has 0 unspecified atom stereocenters. The summed E-state index contributed by atoms with van der Waals surface area (Å²) in [6.45, 7) is -0.511. The van der Waals surface area contributed by atoms with Crippen molar-refractivity contribution in [2.24, 2.45) is 10.8 Å².